The van der Waals surface area contributed by atoms with Gasteiger partial charge in [-0.15, -0.1) is 0 Å². The average Bonchev–Trinajstić information content (AvgIpc) is 2.78. The van der Waals surface area contributed by atoms with Gasteiger partial charge >= 0.3 is 0 Å². The molecular formula is C22H26N3O5S-. The van der Waals surface area contributed by atoms with Gasteiger partial charge in [0.05, 0.1) is 18.1 Å². The van der Waals surface area contributed by atoms with Crippen LogP contribution in [0.4, 0.5) is 5.69 Å². The molecule has 1 unspecified atom stereocenters. The maximum Gasteiger partial charge on any atom is 0.257 e. The van der Waals surface area contributed by atoms with Crippen molar-refractivity contribution in [3.05, 3.63) is 59.7 Å². The van der Waals surface area contributed by atoms with Gasteiger partial charge in [-0.1, -0.05) is 30.3 Å². The number of benzene rings is 2. The van der Waals surface area contributed by atoms with E-state index >= 15 is 0 Å². The van der Waals surface area contributed by atoms with E-state index in [2.05, 4.69) is 4.72 Å². The van der Waals surface area contributed by atoms with Gasteiger partial charge in [-0.05, 0) is 31.5 Å². The molecular weight excluding hydrogens is 418 g/mol. The Labute approximate surface area is 184 Å². The number of hydrogen-bond acceptors (Lipinski definition) is 5. The molecule has 0 radical (unpaired) electrons. The van der Waals surface area contributed by atoms with Crippen LogP contribution in [-0.2, 0) is 21.5 Å². The van der Waals surface area contributed by atoms with Gasteiger partial charge in [0.25, 0.3) is 5.91 Å². The fourth-order valence-corrected chi connectivity index (χ4v) is 4.00. The summed E-state index contributed by atoms with van der Waals surface area (Å²) in [7, 11) is 1.42. The van der Waals surface area contributed by atoms with Crippen LogP contribution in [0.1, 0.15) is 29.8 Å². The summed E-state index contributed by atoms with van der Waals surface area (Å²) in [6.45, 7) is 5.53. The van der Waals surface area contributed by atoms with Crippen LogP contribution >= 0.6 is 0 Å². The van der Waals surface area contributed by atoms with Crippen LogP contribution in [0.15, 0.2) is 48.5 Å². The molecule has 2 amide bonds. The van der Waals surface area contributed by atoms with E-state index in [1.165, 1.54) is 25.3 Å². The van der Waals surface area contributed by atoms with Crippen LogP contribution in [-0.4, -0.2) is 63.7 Å². The third-order valence-electron chi connectivity index (χ3n) is 5.52. The van der Waals surface area contributed by atoms with Crippen LogP contribution < -0.4 is 9.46 Å². The predicted octanol–water partition coefficient (Wildman–Crippen LogP) is 2.16. The molecule has 1 N–H and O–H groups in total. The standard InChI is InChI=1S/C22H27N3O5S/c1-22(2,16-7-5-4-6-8-16)21(27)25-13-11-24(12-14-25)20(26)18-10-9-17(23-31(28)29)15-19(18)30-3/h4-10,15,23H,11-14H2,1-3H3,(H,28,29)/p-1. The number of ether oxygens (including phenoxy) is 1. The van der Waals surface area contributed by atoms with E-state index in [0.29, 0.717) is 37.4 Å². The molecule has 0 spiro atoms. The van der Waals surface area contributed by atoms with Gasteiger partial charge in [-0.2, -0.15) is 0 Å². The molecule has 9 heteroatoms. The Balaban J connectivity index is 1.67. The molecule has 0 saturated carbocycles. The lowest BCUT2D eigenvalue weighted by Crippen LogP contribution is -2.54. The second kappa shape index (κ2) is 9.49. The third kappa shape index (κ3) is 5.05. The molecule has 8 nitrogen and oxygen atoms in total. The van der Waals surface area contributed by atoms with Crippen molar-refractivity contribution in [3.63, 3.8) is 0 Å². The maximum absolute atomic E-state index is 13.1. The van der Waals surface area contributed by atoms with Crippen molar-refractivity contribution in [1.29, 1.82) is 0 Å². The van der Waals surface area contributed by atoms with E-state index in [4.69, 9.17) is 4.74 Å². The molecule has 0 bridgehead atoms. The van der Waals surface area contributed by atoms with Crippen molar-refractivity contribution in [2.45, 2.75) is 19.3 Å². The number of methoxy groups -OCH3 is 1. The van der Waals surface area contributed by atoms with Crippen LogP contribution in [0.25, 0.3) is 0 Å². The van der Waals surface area contributed by atoms with E-state index in [1.807, 2.05) is 44.2 Å². The number of amides is 2. The molecule has 2 aromatic carbocycles. The summed E-state index contributed by atoms with van der Waals surface area (Å²) in [5, 5.41) is 0. The Kier molecular flexibility index (Phi) is 6.97. The molecule has 31 heavy (non-hydrogen) atoms. The van der Waals surface area contributed by atoms with Gasteiger partial charge in [0.15, 0.2) is 0 Å². The topological polar surface area (TPSA) is 102 Å². The molecule has 1 fully saturated rings. The highest BCUT2D eigenvalue weighted by atomic mass is 32.2. The summed E-state index contributed by atoms with van der Waals surface area (Å²) in [5.74, 6) is 0.0923. The molecule has 1 atom stereocenters. The molecule has 0 aliphatic carbocycles. The number of carbonyl (C=O) groups excluding carboxylic acids is 2. The Morgan fingerprint density at radius 2 is 1.65 bits per heavy atom. The first-order valence-electron chi connectivity index (χ1n) is 9.92. The summed E-state index contributed by atoms with van der Waals surface area (Å²) < 4.78 is 29.2. The lowest BCUT2D eigenvalue weighted by Gasteiger charge is -2.39. The zero-order valence-electron chi connectivity index (χ0n) is 17.8. The monoisotopic (exact) mass is 444 g/mol. The molecule has 1 aliphatic heterocycles. The molecule has 166 valence electrons. The van der Waals surface area contributed by atoms with Crippen molar-refractivity contribution in [2.24, 2.45) is 0 Å². The lowest BCUT2D eigenvalue weighted by atomic mass is 9.83. The van der Waals surface area contributed by atoms with E-state index in [-0.39, 0.29) is 17.6 Å². The molecule has 1 saturated heterocycles. The van der Waals surface area contributed by atoms with Crippen LogP contribution in [0.5, 0.6) is 5.75 Å². The molecule has 0 aromatic heterocycles. The van der Waals surface area contributed by atoms with E-state index in [9.17, 15) is 18.4 Å². The highest BCUT2D eigenvalue weighted by Crippen LogP contribution is 2.28. The predicted molar refractivity (Wildman–Crippen MR) is 117 cm³/mol. The molecule has 3 rings (SSSR count). The largest absolute Gasteiger partial charge is 0.755 e. The minimum absolute atomic E-state index is 0.0319. The first-order valence-corrected chi connectivity index (χ1v) is 11.0. The first kappa shape index (κ1) is 22.8. The molecule has 1 aliphatic rings. The van der Waals surface area contributed by atoms with Crippen LogP contribution in [0, 0.1) is 0 Å². The average molecular weight is 445 g/mol. The number of rotatable bonds is 6. The smallest absolute Gasteiger partial charge is 0.257 e. The number of nitrogens with one attached hydrogen (secondary N) is 1. The van der Waals surface area contributed by atoms with Gasteiger partial charge in [0, 0.05) is 49.2 Å². The summed E-state index contributed by atoms with van der Waals surface area (Å²) in [5.41, 5.74) is 0.951. The number of nitrogens with zero attached hydrogens (tertiary/aromatic N) is 2. The normalized spacial score (nSPS) is 15.4. The van der Waals surface area contributed by atoms with Crippen LogP contribution in [0.2, 0.25) is 0 Å². The van der Waals surface area contributed by atoms with Gasteiger partial charge in [-0.3, -0.25) is 13.8 Å². The quantitative estimate of drug-likeness (QED) is 0.688. The Morgan fingerprint density at radius 1 is 1.03 bits per heavy atom. The second-order valence-electron chi connectivity index (χ2n) is 7.83. The van der Waals surface area contributed by atoms with Crippen LogP contribution in [0.3, 0.4) is 0 Å². The van der Waals surface area contributed by atoms with Crippen molar-refractivity contribution >= 4 is 28.8 Å². The summed E-state index contributed by atoms with van der Waals surface area (Å²) in [4.78, 5) is 29.6. The fourth-order valence-electron chi connectivity index (χ4n) is 3.68. The minimum Gasteiger partial charge on any atom is -0.755 e. The number of anilines is 1. The summed E-state index contributed by atoms with van der Waals surface area (Å²) in [6.07, 6.45) is 0. The van der Waals surface area contributed by atoms with Gasteiger partial charge in [-0.25, -0.2) is 0 Å². The lowest BCUT2D eigenvalue weighted by molar-refractivity contribution is -0.137. The molecule has 1 heterocycles. The van der Waals surface area contributed by atoms with E-state index in [0.717, 1.165) is 5.56 Å². The second-order valence-corrected chi connectivity index (χ2v) is 8.50. The fraction of sp³-hybridized carbons (Fsp3) is 0.364. The van der Waals surface area contributed by atoms with Crippen molar-refractivity contribution < 1.29 is 23.1 Å². The SMILES string of the molecule is COc1cc(NS(=O)[O-])ccc1C(=O)N1CCN(C(=O)C(C)(C)c2ccccc2)CC1. The molecule has 2 aromatic rings. The maximum atomic E-state index is 13.1. The number of piperazine rings is 1. The van der Waals surface area contributed by atoms with Crippen molar-refractivity contribution in [2.75, 3.05) is 38.0 Å². The van der Waals surface area contributed by atoms with E-state index in [1.54, 1.807) is 9.80 Å². The Hall–Kier alpha value is -2.91. The Bertz CT molecular complexity index is 972. The minimum atomic E-state index is -2.47. The number of hydrogen-bond donors (Lipinski definition) is 1. The zero-order chi connectivity index (χ0) is 22.6. The Morgan fingerprint density at radius 3 is 2.23 bits per heavy atom. The number of carbonyl (C=O) groups is 2. The highest BCUT2D eigenvalue weighted by molar-refractivity contribution is 7.80. The van der Waals surface area contributed by atoms with Gasteiger partial charge in [0.2, 0.25) is 5.91 Å². The summed E-state index contributed by atoms with van der Waals surface area (Å²) >= 11 is -2.47. The van der Waals surface area contributed by atoms with Crippen molar-refractivity contribution in [3.8, 4) is 5.75 Å². The third-order valence-corrected chi connectivity index (χ3v) is 5.92. The zero-order valence-corrected chi connectivity index (χ0v) is 18.6. The van der Waals surface area contributed by atoms with Gasteiger partial charge < -0.3 is 23.8 Å². The van der Waals surface area contributed by atoms with Gasteiger partial charge in [0.1, 0.15) is 5.75 Å². The highest BCUT2D eigenvalue weighted by Gasteiger charge is 2.36. The van der Waals surface area contributed by atoms with Crippen molar-refractivity contribution in [1.82, 2.24) is 9.80 Å². The van der Waals surface area contributed by atoms with E-state index < -0.39 is 16.7 Å². The first-order chi connectivity index (χ1) is 14.7. The summed E-state index contributed by atoms with van der Waals surface area (Å²) in [6, 6.07) is 14.2.